The van der Waals surface area contributed by atoms with Crippen LogP contribution in [0.3, 0.4) is 0 Å². The van der Waals surface area contributed by atoms with Crippen molar-refractivity contribution in [3.8, 4) is 0 Å². The molecule has 0 aromatic carbocycles. The Morgan fingerprint density at radius 3 is 1.43 bits per heavy atom. The Balaban J connectivity index is -0.0000000800. The molecular weight excluding hydrogens is 321 g/mol. The first kappa shape index (κ1) is 15.7. The zero-order valence-electron chi connectivity index (χ0n) is 3.36. The first-order valence-corrected chi connectivity index (χ1v) is 3.00. The normalized spacial score (nSPS) is 8.29. The van der Waals surface area contributed by atoms with Crippen LogP contribution in [-0.4, -0.2) is 13.3 Å². The van der Waals surface area contributed by atoms with Crippen LogP contribution in [0.2, 0.25) is 0 Å². The molecule has 0 aromatic heterocycles. The molecule has 7 heteroatoms. The first-order valence-electron chi connectivity index (χ1n) is 0.667. The van der Waals surface area contributed by atoms with Crippen LogP contribution in [0.5, 0.6) is 0 Å². The Hall–Kier alpha value is 0.938. The second-order valence-corrected chi connectivity index (χ2v) is 2.45. The number of hydrogen-bond acceptors (Lipinski definition) is 4. The van der Waals surface area contributed by atoms with Crippen molar-refractivity contribution in [2.75, 3.05) is 0 Å². The van der Waals surface area contributed by atoms with Gasteiger partial charge in [-0.2, -0.15) is 0 Å². The minimum atomic E-state index is -4.33. The predicted molar refractivity (Wildman–Crippen MR) is 23.0 cm³/mol. The number of rotatable bonds is 0. The molecule has 48 valence electrons. The van der Waals surface area contributed by atoms with Gasteiger partial charge in [0.05, 0.1) is 0 Å². The third-order valence-corrected chi connectivity index (χ3v) is 0. The minimum Gasteiger partial charge on any atom is -0.780 e. The average molecular weight is 325 g/mol. The molecule has 0 fully saturated rings. The van der Waals surface area contributed by atoms with Crippen molar-refractivity contribution in [3.63, 3.8) is 0 Å². The standard InChI is InChI=1S/H3N.H2O3S2.Pt/c;1-5(2,3)4;/h1H3;(H2,1,2,3,4);/q;;+2/p-1. The molecule has 0 spiro atoms. The summed E-state index contributed by atoms with van der Waals surface area (Å²) in [5.41, 5.74) is 0. The second-order valence-electron chi connectivity index (χ2n) is 0.408. The summed E-state index contributed by atoms with van der Waals surface area (Å²) in [6, 6.07) is 0. The van der Waals surface area contributed by atoms with Crippen LogP contribution < -0.4 is 6.15 Å². The fourth-order valence-electron chi connectivity index (χ4n) is 0. The van der Waals surface area contributed by atoms with E-state index in [9.17, 15) is 0 Å². The maximum atomic E-state index is 8.89. The van der Waals surface area contributed by atoms with E-state index in [1.54, 1.807) is 0 Å². The Labute approximate surface area is 60.9 Å². The van der Waals surface area contributed by atoms with Crippen molar-refractivity contribution in [3.05, 3.63) is 0 Å². The van der Waals surface area contributed by atoms with E-state index in [4.69, 9.17) is 13.3 Å². The Morgan fingerprint density at radius 1 is 1.43 bits per heavy atom. The Bertz CT molecular complexity index is 96.1. The minimum absolute atomic E-state index is 0. The third kappa shape index (κ3) is 192. The summed E-state index contributed by atoms with van der Waals surface area (Å²) < 4.78 is 26.7. The number of hydrogen-bond donors (Lipinski definition) is 1. The SMILES string of the molecule is O=S([O-])([O-])=S.[NH4+].[Pt+2]. The average Bonchev–Trinajstić information content (AvgIpc) is 0.722. The molecule has 0 aliphatic rings. The fourth-order valence-corrected chi connectivity index (χ4v) is 0. The molecule has 0 atom stereocenters. The summed E-state index contributed by atoms with van der Waals surface area (Å²) in [6.07, 6.45) is 0. The van der Waals surface area contributed by atoms with Crippen LogP contribution in [0.1, 0.15) is 0 Å². The molecule has 0 rings (SSSR count). The van der Waals surface area contributed by atoms with Crippen molar-refractivity contribution in [1.29, 1.82) is 0 Å². The van der Waals surface area contributed by atoms with Gasteiger partial charge in [-0.15, -0.1) is 9.05 Å². The van der Waals surface area contributed by atoms with Gasteiger partial charge in [0.15, 0.2) is 0 Å². The van der Waals surface area contributed by atoms with Gasteiger partial charge in [0.1, 0.15) is 0 Å². The molecule has 4 N–H and O–H groups in total. The van der Waals surface area contributed by atoms with Gasteiger partial charge in [0.25, 0.3) is 0 Å². The van der Waals surface area contributed by atoms with E-state index in [-0.39, 0.29) is 27.2 Å². The Kier molecular flexibility index (Phi) is 11.4. The maximum absolute atomic E-state index is 8.89. The summed E-state index contributed by atoms with van der Waals surface area (Å²) in [7, 11) is -4.33. The summed E-state index contributed by atoms with van der Waals surface area (Å²) in [5.74, 6) is 0. The van der Waals surface area contributed by atoms with Gasteiger partial charge in [-0.1, -0.05) is 0 Å². The van der Waals surface area contributed by atoms with Gasteiger partial charge >= 0.3 is 21.1 Å². The summed E-state index contributed by atoms with van der Waals surface area (Å²) in [5, 5.41) is 0. The van der Waals surface area contributed by atoms with E-state index in [0.29, 0.717) is 0 Å². The summed E-state index contributed by atoms with van der Waals surface area (Å²) >= 11 is 3.24. The van der Waals surface area contributed by atoms with Gasteiger partial charge in [0, 0.05) is 0 Å². The van der Waals surface area contributed by atoms with Crippen molar-refractivity contribution in [2.24, 2.45) is 0 Å². The van der Waals surface area contributed by atoms with E-state index in [0.717, 1.165) is 0 Å². The maximum Gasteiger partial charge on any atom is 2.00 e. The van der Waals surface area contributed by atoms with E-state index < -0.39 is 9.05 Å². The van der Waals surface area contributed by atoms with Gasteiger partial charge in [-0.05, 0) is 11.2 Å². The van der Waals surface area contributed by atoms with Crippen LogP contribution >= 0.6 is 0 Å². The van der Waals surface area contributed by atoms with E-state index in [1.807, 2.05) is 0 Å². The summed E-state index contributed by atoms with van der Waals surface area (Å²) in [6.45, 7) is 0. The van der Waals surface area contributed by atoms with Crippen LogP contribution in [0.25, 0.3) is 0 Å². The molecule has 0 unspecified atom stereocenters. The van der Waals surface area contributed by atoms with Gasteiger partial charge < -0.3 is 15.3 Å². The molecule has 0 aliphatic carbocycles. The van der Waals surface area contributed by atoms with Crippen LogP contribution in [0.4, 0.5) is 0 Å². The molecule has 0 aliphatic heterocycles. The monoisotopic (exact) mass is 325 g/mol. The molecular formula is H4NO3PtS2+. The molecule has 0 heterocycles. The predicted octanol–water partition coefficient (Wildman–Crippen LogP) is -0.633. The van der Waals surface area contributed by atoms with Crippen molar-refractivity contribution < 1.29 is 34.4 Å². The van der Waals surface area contributed by atoms with Crippen LogP contribution in [0.15, 0.2) is 0 Å². The topological polar surface area (TPSA) is 99.7 Å². The largest absolute Gasteiger partial charge is 2.00 e. The summed E-state index contributed by atoms with van der Waals surface area (Å²) in [4.78, 5) is 0. The van der Waals surface area contributed by atoms with E-state index in [2.05, 4.69) is 11.2 Å². The van der Waals surface area contributed by atoms with Crippen LogP contribution in [0, 0.1) is 0 Å². The molecule has 4 nitrogen and oxygen atoms in total. The smallest absolute Gasteiger partial charge is 0.780 e. The quantitative estimate of drug-likeness (QED) is 0.641. The van der Waals surface area contributed by atoms with Crippen molar-refractivity contribution in [2.45, 2.75) is 0 Å². The van der Waals surface area contributed by atoms with Gasteiger partial charge in [-0.25, -0.2) is 0 Å². The second kappa shape index (κ2) is 5.08. The molecule has 0 saturated heterocycles. The fraction of sp³-hybridized carbons (Fsp3) is 0. The number of quaternary nitrogens is 1. The molecule has 0 amide bonds. The Morgan fingerprint density at radius 2 is 1.43 bits per heavy atom. The molecule has 0 aromatic rings. The van der Waals surface area contributed by atoms with Crippen molar-refractivity contribution >= 4 is 20.2 Å². The van der Waals surface area contributed by atoms with E-state index in [1.165, 1.54) is 0 Å². The molecule has 0 bridgehead atoms. The molecule has 0 radical (unpaired) electrons. The van der Waals surface area contributed by atoms with E-state index >= 15 is 0 Å². The third-order valence-electron chi connectivity index (χ3n) is 0. The van der Waals surface area contributed by atoms with Crippen molar-refractivity contribution in [1.82, 2.24) is 6.15 Å². The van der Waals surface area contributed by atoms with Crippen LogP contribution in [-0.2, 0) is 41.3 Å². The zero-order chi connectivity index (χ0) is 4.50. The zero-order valence-corrected chi connectivity index (χ0v) is 7.26. The first-order chi connectivity index (χ1) is 2.00. The van der Waals surface area contributed by atoms with Gasteiger partial charge in [0.2, 0.25) is 0 Å². The molecule has 7 heavy (non-hydrogen) atoms. The van der Waals surface area contributed by atoms with Gasteiger partial charge in [-0.3, -0.25) is 4.21 Å². The molecule has 0 saturated carbocycles.